The van der Waals surface area contributed by atoms with Crippen molar-refractivity contribution in [3.05, 3.63) is 29.3 Å². The van der Waals surface area contributed by atoms with Gasteiger partial charge in [0.15, 0.2) is 0 Å². The molecule has 0 radical (unpaired) electrons. The number of thiol groups is 1. The molecule has 16 heavy (non-hydrogen) atoms. The van der Waals surface area contributed by atoms with E-state index in [4.69, 9.17) is 0 Å². The maximum atomic E-state index is 11.9. The largest absolute Gasteiger partial charge is 0.352 e. The van der Waals surface area contributed by atoms with Crippen LogP contribution in [0.15, 0.2) is 23.1 Å². The summed E-state index contributed by atoms with van der Waals surface area (Å²) in [5, 5.41) is 3.00. The Morgan fingerprint density at radius 3 is 2.88 bits per heavy atom. The second-order valence-electron chi connectivity index (χ2n) is 4.51. The molecule has 1 aromatic rings. The van der Waals surface area contributed by atoms with Crippen LogP contribution in [0.1, 0.15) is 35.2 Å². The van der Waals surface area contributed by atoms with Gasteiger partial charge in [0.1, 0.15) is 0 Å². The smallest absolute Gasteiger partial charge is 0.251 e. The quantitative estimate of drug-likeness (QED) is 0.775. The second-order valence-corrected chi connectivity index (χ2v) is 5.02. The summed E-state index contributed by atoms with van der Waals surface area (Å²) in [6.45, 7) is 2.76. The zero-order valence-corrected chi connectivity index (χ0v) is 10.4. The first-order valence-electron chi connectivity index (χ1n) is 5.74. The van der Waals surface area contributed by atoms with Crippen molar-refractivity contribution in [3.8, 4) is 0 Å². The fourth-order valence-electron chi connectivity index (χ4n) is 1.88. The van der Waals surface area contributed by atoms with E-state index in [1.54, 1.807) is 0 Å². The Hall–Kier alpha value is -0.960. The van der Waals surface area contributed by atoms with Gasteiger partial charge in [0.05, 0.1) is 0 Å². The Balaban J connectivity index is 1.99. The molecule has 2 nitrogen and oxygen atoms in total. The van der Waals surface area contributed by atoms with Crippen LogP contribution in [0.2, 0.25) is 0 Å². The van der Waals surface area contributed by atoms with Crippen LogP contribution in [-0.2, 0) is 0 Å². The minimum Gasteiger partial charge on any atom is -0.352 e. The summed E-state index contributed by atoms with van der Waals surface area (Å²) in [7, 11) is 0. The molecule has 1 aromatic carbocycles. The lowest BCUT2D eigenvalue weighted by Crippen LogP contribution is -2.32. The lowest BCUT2D eigenvalue weighted by Gasteiger charge is -2.25. The molecule has 0 aromatic heterocycles. The number of amides is 1. The molecular weight excluding hydrogens is 218 g/mol. The Labute approximate surface area is 102 Å². The van der Waals surface area contributed by atoms with Gasteiger partial charge in [-0.2, -0.15) is 0 Å². The molecule has 0 bridgehead atoms. The Morgan fingerprint density at radius 1 is 1.50 bits per heavy atom. The number of hydrogen-bond donors (Lipinski definition) is 2. The molecule has 0 atom stereocenters. The van der Waals surface area contributed by atoms with Crippen LogP contribution in [0.4, 0.5) is 0 Å². The van der Waals surface area contributed by atoms with E-state index in [0.29, 0.717) is 5.92 Å². The molecule has 0 heterocycles. The molecular formula is C13H17NOS. The van der Waals surface area contributed by atoms with Gasteiger partial charge in [0.2, 0.25) is 0 Å². The molecule has 1 N–H and O–H groups in total. The summed E-state index contributed by atoms with van der Waals surface area (Å²) in [5.74, 6) is 0.726. The number of benzene rings is 1. The fraction of sp³-hybridized carbons (Fsp3) is 0.462. The maximum absolute atomic E-state index is 11.9. The average Bonchev–Trinajstić information content (AvgIpc) is 2.19. The summed E-state index contributed by atoms with van der Waals surface area (Å²) >= 11 is 4.25. The van der Waals surface area contributed by atoms with Gasteiger partial charge in [0.25, 0.3) is 5.91 Å². The van der Waals surface area contributed by atoms with E-state index in [-0.39, 0.29) is 5.91 Å². The van der Waals surface area contributed by atoms with Crippen LogP contribution < -0.4 is 5.32 Å². The molecule has 0 spiro atoms. The van der Waals surface area contributed by atoms with Crippen LogP contribution in [0, 0.1) is 12.8 Å². The SMILES string of the molecule is Cc1ccc(S)cc1C(=O)NCC1CCC1. The highest BCUT2D eigenvalue weighted by molar-refractivity contribution is 7.80. The number of hydrogen-bond acceptors (Lipinski definition) is 2. The van der Waals surface area contributed by atoms with E-state index < -0.39 is 0 Å². The molecule has 1 aliphatic carbocycles. The van der Waals surface area contributed by atoms with E-state index in [1.165, 1.54) is 19.3 Å². The minimum absolute atomic E-state index is 0.0281. The number of rotatable bonds is 3. The van der Waals surface area contributed by atoms with Gasteiger partial charge in [-0.25, -0.2) is 0 Å². The highest BCUT2D eigenvalue weighted by atomic mass is 32.1. The van der Waals surface area contributed by atoms with Crippen LogP contribution in [0.25, 0.3) is 0 Å². The van der Waals surface area contributed by atoms with E-state index in [0.717, 1.165) is 22.6 Å². The van der Waals surface area contributed by atoms with E-state index in [9.17, 15) is 4.79 Å². The standard InChI is InChI=1S/C13H17NOS/c1-9-5-6-11(16)7-12(9)13(15)14-8-10-3-2-4-10/h5-7,10,16H,2-4,8H2,1H3,(H,14,15). The first-order chi connectivity index (χ1) is 7.66. The number of carbonyl (C=O) groups excluding carboxylic acids is 1. The Bertz CT molecular complexity index is 399. The topological polar surface area (TPSA) is 29.1 Å². The van der Waals surface area contributed by atoms with E-state index in [1.807, 2.05) is 25.1 Å². The van der Waals surface area contributed by atoms with Crippen LogP contribution in [0.3, 0.4) is 0 Å². The summed E-state index contributed by atoms with van der Waals surface area (Å²) < 4.78 is 0. The van der Waals surface area contributed by atoms with Gasteiger partial charge in [0, 0.05) is 17.0 Å². The summed E-state index contributed by atoms with van der Waals surface area (Å²) in [4.78, 5) is 12.7. The molecule has 0 aliphatic heterocycles. The summed E-state index contributed by atoms with van der Waals surface area (Å²) in [6.07, 6.45) is 3.82. The summed E-state index contributed by atoms with van der Waals surface area (Å²) in [6, 6.07) is 5.66. The maximum Gasteiger partial charge on any atom is 0.251 e. The Morgan fingerprint density at radius 2 is 2.25 bits per heavy atom. The molecule has 1 amide bonds. The molecule has 1 aliphatic rings. The van der Waals surface area contributed by atoms with Gasteiger partial charge < -0.3 is 5.32 Å². The lowest BCUT2D eigenvalue weighted by molar-refractivity contribution is 0.0938. The van der Waals surface area contributed by atoms with Crippen molar-refractivity contribution >= 4 is 18.5 Å². The average molecular weight is 235 g/mol. The minimum atomic E-state index is 0.0281. The normalized spacial score (nSPS) is 15.6. The van der Waals surface area contributed by atoms with Crippen molar-refractivity contribution in [2.45, 2.75) is 31.1 Å². The highest BCUT2D eigenvalue weighted by Gasteiger charge is 2.18. The highest BCUT2D eigenvalue weighted by Crippen LogP contribution is 2.25. The first-order valence-corrected chi connectivity index (χ1v) is 6.19. The van der Waals surface area contributed by atoms with Crippen LogP contribution in [-0.4, -0.2) is 12.5 Å². The van der Waals surface area contributed by atoms with Crippen molar-refractivity contribution in [2.24, 2.45) is 5.92 Å². The predicted octanol–water partition coefficient (Wildman–Crippen LogP) is 2.81. The van der Waals surface area contributed by atoms with Crippen molar-refractivity contribution in [2.75, 3.05) is 6.54 Å². The van der Waals surface area contributed by atoms with Gasteiger partial charge in [-0.05, 0) is 43.4 Å². The second kappa shape index (κ2) is 4.91. The number of nitrogens with one attached hydrogen (secondary N) is 1. The summed E-state index contributed by atoms with van der Waals surface area (Å²) in [5.41, 5.74) is 1.75. The van der Waals surface area contributed by atoms with Gasteiger partial charge in [-0.1, -0.05) is 12.5 Å². The molecule has 0 saturated heterocycles. The Kier molecular flexibility index (Phi) is 3.54. The van der Waals surface area contributed by atoms with Gasteiger partial charge in [-0.15, -0.1) is 12.6 Å². The zero-order valence-electron chi connectivity index (χ0n) is 9.49. The third-order valence-electron chi connectivity index (χ3n) is 3.24. The molecule has 1 saturated carbocycles. The van der Waals surface area contributed by atoms with Crippen molar-refractivity contribution in [1.82, 2.24) is 5.32 Å². The molecule has 2 rings (SSSR count). The molecule has 0 unspecified atom stereocenters. The van der Waals surface area contributed by atoms with Gasteiger partial charge >= 0.3 is 0 Å². The molecule has 1 fully saturated rings. The number of aryl methyl sites for hydroxylation is 1. The molecule has 86 valence electrons. The van der Waals surface area contributed by atoms with Gasteiger partial charge in [-0.3, -0.25) is 4.79 Å². The lowest BCUT2D eigenvalue weighted by atomic mass is 9.85. The van der Waals surface area contributed by atoms with Crippen molar-refractivity contribution < 1.29 is 4.79 Å². The van der Waals surface area contributed by atoms with E-state index in [2.05, 4.69) is 17.9 Å². The monoisotopic (exact) mass is 235 g/mol. The predicted molar refractivity (Wildman–Crippen MR) is 68.1 cm³/mol. The third-order valence-corrected chi connectivity index (χ3v) is 3.52. The van der Waals surface area contributed by atoms with Crippen molar-refractivity contribution in [3.63, 3.8) is 0 Å². The fourth-order valence-corrected chi connectivity index (χ4v) is 2.09. The first kappa shape index (κ1) is 11.5. The number of carbonyl (C=O) groups is 1. The van der Waals surface area contributed by atoms with E-state index >= 15 is 0 Å². The molecule has 3 heteroatoms. The third kappa shape index (κ3) is 2.59. The van der Waals surface area contributed by atoms with Crippen LogP contribution in [0.5, 0.6) is 0 Å². The zero-order chi connectivity index (χ0) is 11.5. The van der Waals surface area contributed by atoms with Crippen molar-refractivity contribution in [1.29, 1.82) is 0 Å². The van der Waals surface area contributed by atoms with Crippen LogP contribution >= 0.6 is 12.6 Å².